The van der Waals surface area contributed by atoms with Crippen molar-refractivity contribution in [1.82, 2.24) is 24.5 Å². The summed E-state index contributed by atoms with van der Waals surface area (Å²) in [6.07, 6.45) is 4.71. The van der Waals surface area contributed by atoms with Crippen LogP contribution in [-0.4, -0.2) is 88.7 Å². The van der Waals surface area contributed by atoms with Gasteiger partial charge in [0.25, 0.3) is 0 Å². The lowest BCUT2D eigenvalue weighted by Gasteiger charge is -2.35. The number of amides is 2. The Morgan fingerprint density at radius 2 is 1.41 bits per heavy atom. The molecule has 184 valence electrons. The molecule has 8 nitrogen and oxygen atoms in total. The molecule has 2 fully saturated rings. The van der Waals surface area contributed by atoms with Gasteiger partial charge < -0.3 is 10.2 Å². The molecule has 34 heavy (non-hydrogen) atoms. The second kappa shape index (κ2) is 11.1. The van der Waals surface area contributed by atoms with Gasteiger partial charge in [-0.05, 0) is 45.7 Å². The van der Waals surface area contributed by atoms with E-state index in [1.165, 1.54) is 18.4 Å². The first-order valence-electron chi connectivity index (χ1n) is 12.6. The Balaban J connectivity index is 1.26. The van der Waals surface area contributed by atoms with Crippen molar-refractivity contribution in [3.63, 3.8) is 0 Å². The maximum Gasteiger partial charge on any atom is 0.238 e. The third kappa shape index (κ3) is 6.04. The topological polar surface area (TPSA) is 73.7 Å². The minimum atomic E-state index is -0.0243. The minimum Gasteiger partial charge on any atom is -0.342 e. The molecule has 2 aliphatic rings. The first-order chi connectivity index (χ1) is 16.4. The third-order valence-corrected chi connectivity index (χ3v) is 6.98. The summed E-state index contributed by atoms with van der Waals surface area (Å²) in [6.45, 7) is 11.8. The number of likely N-dealkylation sites (tertiary alicyclic amines) is 1. The summed E-state index contributed by atoms with van der Waals surface area (Å²) in [6, 6.07) is 8.20. The first-order valence-corrected chi connectivity index (χ1v) is 12.6. The van der Waals surface area contributed by atoms with Crippen LogP contribution in [0.2, 0.25) is 0 Å². The van der Waals surface area contributed by atoms with Crippen molar-refractivity contribution in [3.05, 3.63) is 41.2 Å². The second-order valence-corrected chi connectivity index (χ2v) is 9.69. The Morgan fingerprint density at radius 1 is 0.824 bits per heavy atom. The molecule has 4 rings (SSSR count). The van der Waals surface area contributed by atoms with Crippen LogP contribution in [0, 0.1) is 20.8 Å². The number of carbonyl (C=O) groups excluding carboxylic acids is 2. The van der Waals surface area contributed by atoms with Gasteiger partial charge in [0.15, 0.2) is 0 Å². The van der Waals surface area contributed by atoms with E-state index in [0.29, 0.717) is 13.1 Å². The van der Waals surface area contributed by atoms with Crippen molar-refractivity contribution in [2.75, 3.05) is 57.7 Å². The van der Waals surface area contributed by atoms with Gasteiger partial charge in [0.2, 0.25) is 11.8 Å². The van der Waals surface area contributed by atoms with Crippen LogP contribution >= 0.6 is 0 Å². The van der Waals surface area contributed by atoms with Crippen LogP contribution in [0.3, 0.4) is 0 Å². The van der Waals surface area contributed by atoms with Gasteiger partial charge in [0, 0.05) is 39.3 Å². The minimum absolute atomic E-state index is 0.0243. The van der Waals surface area contributed by atoms with E-state index in [1.54, 1.807) is 0 Å². The van der Waals surface area contributed by atoms with Crippen molar-refractivity contribution in [2.24, 2.45) is 0 Å². The Kier molecular flexibility index (Phi) is 8.00. The number of rotatable bonds is 6. The number of piperazine rings is 1. The number of nitrogens with zero attached hydrogens (tertiary/aromatic N) is 5. The standard InChI is InChI=1S/C26H38N6O2/c1-20-8-10-23(11-9-20)32-22(3)26(21(2)28-32)27-24(33)18-29-14-16-30(17-15-29)19-25(34)31-12-6-4-5-7-13-31/h8-11H,4-7,12-19H2,1-3H3,(H,27,33). The number of hydrogen-bond donors (Lipinski definition) is 1. The summed E-state index contributed by atoms with van der Waals surface area (Å²) in [7, 11) is 0. The van der Waals surface area contributed by atoms with Gasteiger partial charge >= 0.3 is 0 Å². The smallest absolute Gasteiger partial charge is 0.238 e. The molecule has 3 heterocycles. The summed E-state index contributed by atoms with van der Waals surface area (Å²) in [5.41, 5.74) is 4.70. The number of aryl methyl sites for hydroxylation is 2. The van der Waals surface area contributed by atoms with Gasteiger partial charge in [-0.1, -0.05) is 30.5 Å². The fourth-order valence-corrected chi connectivity index (χ4v) is 4.86. The molecule has 0 radical (unpaired) electrons. The number of nitrogens with one attached hydrogen (secondary N) is 1. The predicted octanol–water partition coefficient (Wildman–Crippen LogP) is 2.76. The number of anilines is 1. The van der Waals surface area contributed by atoms with E-state index in [2.05, 4.69) is 39.3 Å². The monoisotopic (exact) mass is 466 g/mol. The quantitative estimate of drug-likeness (QED) is 0.709. The Bertz CT molecular complexity index is 983. The summed E-state index contributed by atoms with van der Waals surface area (Å²) < 4.78 is 1.88. The summed E-state index contributed by atoms with van der Waals surface area (Å²) >= 11 is 0. The van der Waals surface area contributed by atoms with E-state index in [4.69, 9.17) is 0 Å². The van der Waals surface area contributed by atoms with E-state index < -0.39 is 0 Å². The zero-order chi connectivity index (χ0) is 24.1. The van der Waals surface area contributed by atoms with Gasteiger partial charge in [-0.15, -0.1) is 0 Å². The Labute approximate surface area is 202 Å². The SMILES string of the molecule is Cc1ccc(-n2nc(C)c(NC(=O)CN3CCN(CC(=O)N4CCCCCC4)CC3)c2C)cc1. The summed E-state index contributed by atoms with van der Waals surface area (Å²) in [5.74, 6) is 0.230. The van der Waals surface area contributed by atoms with Crippen LogP contribution in [0.15, 0.2) is 24.3 Å². The molecule has 0 aliphatic carbocycles. The maximum atomic E-state index is 12.8. The molecule has 0 atom stereocenters. The Hall–Kier alpha value is -2.71. The highest BCUT2D eigenvalue weighted by atomic mass is 16.2. The molecule has 2 aromatic rings. The molecule has 0 bridgehead atoms. The lowest BCUT2D eigenvalue weighted by atomic mass is 10.2. The summed E-state index contributed by atoms with van der Waals surface area (Å²) in [4.78, 5) is 31.9. The molecular formula is C26H38N6O2. The van der Waals surface area contributed by atoms with Crippen LogP contribution in [-0.2, 0) is 9.59 Å². The highest BCUT2D eigenvalue weighted by Gasteiger charge is 2.24. The molecule has 1 aromatic heterocycles. The largest absolute Gasteiger partial charge is 0.342 e. The van der Waals surface area contributed by atoms with Gasteiger partial charge in [-0.25, -0.2) is 4.68 Å². The van der Waals surface area contributed by atoms with Crippen LogP contribution in [0.25, 0.3) is 5.69 Å². The van der Waals surface area contributed by atoms with Gasteiger partial charge in [0.1, 0.15) is 0 Å². The lowest BCUT2D eigenvalue weighted by Crippen LogP contribution is -2.51. The highest BCUT2D eigenvalue weighted by Crippen LogP contribution is 2.23. The molecule has 2 aliphatic heterocycles. The molecule has 0 saturated carbocycles. The number of benzene rings is 1. The number of aromatic nitrogens is 2. The first kappa shape index (κ1) is 24.4. The van der Waals surface area contributed by atoms with E-state index in [-0.39, 0.29) is 11.8 Å². The second-order valence-electron chi connectivity index (χ2n) is 9.69. The molecule has 1 N–H and O–H groups in total. The van der Waals surface area contributed by atoms with Crippen LogP contribution in [0.4, 0.5) is 5.69 Å². The fraction of sp³-hybridized carbons (Fsp3) is 0.577. The van der Waals surface area contributed by atoms with Crippen LogP contribution in [0.5, 0.6) is 0 Å². The average molecular weight is 467 g/mol. The van der Waals surface area contributed by atoms with Crippen LogP contribution < -0.4 is 5.32 Å². The molecule has 0 spiro atoms. The molecule has 2 saturated heterocycles. The zero-order valence-corrected chi connectivity index (χ0v) is 20.8. The zero-order valence-electron chi connectivity index (χ0n) is 20.8. The fourth-order valence-electron chi connectivity index (χ4n) is 4.86. The van der Waals surface area contributed by atoms with Gasteiger partial charge in [-0.2, -0.15) is 5.10 Å². The molecule has 2 amide bonds. The molecule has 0 unspecified atom stereocenters. The number of hydrogen-bond acceptors (Lipinski definition) is 5. The van der Waals surface area contributed by atoms with Gasteiger partial charge in [0.05, 0.1) is 35.9 Å². The van der Waals surface area contributed by atoms with Crippen molar-refractivity contribution >= 4 is 17.5 Å². The van der Waals surface area contributed by atoms with E-state index >= 15 is 0 Å². The number of carbonyl (C=O) groups is 2. The lowest BCUT2D eigenvalue weighted by molar-refractivity contribution is -0.133. The normalized spacial score (nSPS) is 18.0. The van der Waals surface area contributed by atoms with E-state index in [9.17, 15) is 9.59 Å². The van der Waals surface area contributed by atoms with E-state index in [1.807, 2.05) is 35.6 Å². The van der Waals surface area contributed by atoms with Crippen molar-refractivity contribution in [3.8, 4) is 5.69 Å². The molecule has 1 aromatic carbocycles. The van der Waals surface area contributed by atoms with Gasteiger partial charge in [-0.3, -0.25) is 19.4 Å². The average Bonchev–Trinajstić information content (AvgIpc) is 3.01. The van der Waals surface area contributed by atoms with Crippen molar-refractivity contribution in [1.29, 1.82) is 0 Å². The van der Waals surface area contributed by atoms with Crippen molar-refractivity contribution < 1.29 is 9.59 Å². The molecular weight excluding hydrogens is 428 g/mol. The Morgan fingerprint density at radius 3 is 2.03 bits per heavy atom. The van der Waals surface area contributed by atoms with Crippen LogP contribution in [0.1, 0.15) is 42.6 Å². The predicted molar refractivity (Wildman–Crippen MR) is 134 cm³/mol. The van der Waals surface area contributed by atoms with Crippen molar-refractivity contribution in [2.45, 2.75) is 46.5 Å². The summed E-state index contributed by atoms with van der Waals surface area (Å²) in [5, 5.41) is 7.72. The van der Waals surface area contributed by atoms with E-state index in [0.717, 1.165) is 74.9 Å². The highest BCUT2D eigenvalue weighted by molar-refractivity contribution is 5.93. The maximum absolute atomic E-state index is 12.8. The molecule has 8 heteroatoms. The third-order valence-electron chi connectivity index (χ3n) is 6.98.